The molecule has 5 heterocycles. The molecule has 1 aromatic rings. The molecule has 0 bridgehead atoms. The number of nitrogens with zero attached hydrogens (tertiary/aromatic N) is 7. The number of piperazine rings is 1. The average molecular weight is 1220 g/mol. The Balaban J connectivity index is 1.13. The van der Waals surface area contributed by atoms with Crippen molar-refractivity contribution in [3.8, 4) is 0 Å². The van der Waals surface area contributed by atoms with Crippen LogP contribution in [0.2, 0.25) is 0 Å². The second-order valence-corrected chi connectivity index (χ2v) is 26.4. The number of piperidine rings is 1. The molecule has 4 N–H and O–H groups in total. The number of fused-ring (bicyclic) bond motifs is 1. The molecule has 1 saturated carbocycles. The van der Waals surface area contributed by atoms with Gasteiger partial charge < -0.3 is 68.5 Å². The van der Waals surface area contributed by atoms with Crippen molar-refractivity contribution >= 4 is 35.2 Å². The van der Waals surface area contributed by atoms with Gasteiger partial charge in [0.1, 0.15) is 24.4 Å². The van der Waals surface area contributed by atoms with Crippen molar-refractivity contribution in [1.29, 1.82) is 0 Å². The predicted molar refractivity (Wildman–Crippen MR) is 332 cm³/mol. The molecule has 87 heavy (non-hydrogen) atoms. The number of ether oxygens (including phenoxy) is 5. The number of hydrogen-bond acceptors (Lipinski definition) is 19. The smallest absolute Gasteiger partial charge is 0.329 e. The fourth-order valence-electron chi connectivity index (χ4n) is 13.0. The second kappa shape index (κ2) is 33.9. The molecule has 6 rings (SSSR count). The van der Waals surface area contributed by atoms with E-state index in [-0.39, 0.29) is 61.9 Å². The quantitative estimate of drug-likeness (QED) is 0.0161. The molecule has 21 heteroatoms. The van der Waals surface area contributed by atoms with Crippen LogP contribution < -0.4 is 4.90 Å². The van der Waals surface area contributed by atoms with Gasteiger partial charge in [-0.05, 0) is 120 Å². The lowest BCUT2D eigenvalue weighted by atomic mass is 9.81. The molecule has 490 valence electrons. The first kappa shape index (κ1) is 71.4. The number of oxime groups is 1. The molecule has 1 aromatic heterocycles. The molecule has 14 atom stereocenters. The molecular weight excluding hydrogens is 1110 g/mol. The highest BCUT2D eigenvalue weighted by molar-refractivity contribution is 6.39. The highest BCUT2D eigenvalue weighted by Gasteiger charge is 2.53. The van der Waals surface area contributed by atoms with E-state index < -0.39 is 77.9 Å². The van der Waals surface area contributed by atoms with Gasteiger partial charge in [0.2, 0.25) is 11.7 Å². The largest absolute Gasteiger partial charge is 0.461 e. The van der Waals surface area contributed by atoms with Crippen molar-refractivity contribution in [2.24, 2.45) is 40.7 Å². The summed E-state index contributed by atoms with van der Waals surface area (Å²) < 4.78 is 29.9. The third-order valence-electron chi connectivity index (χ3n) is 18.6. The van der Waals surface area contributed by atoms with Gasteiger partial charge >= 0.3 is 5.97 Å². The lowest BCUT2D eigenvalue weighted by Gasteiger charge is -2.42. The molecule has 5 aliphatic rings. The third kappa shape index (κ3) is 19.9. The van der Waals surface area contributed by atoms with Crippen LogP contribution in [0, 0.1) is 35.5 Å². The molecule has 4 fully saturated rings. The van der Waals surface area contributed by atoms with Crippen molar-refractivity contribution in [2.45, 2.75) is 219 Å². The zero-order valence-corrected chi connectivity index (χ0v) is 54.6. The lowest BCUT2D eigenvalue weighted by molar-refractivity contribution is -0.265. The summed E-state index contributed by atoms with van der Waals surface area (Å²) >= 11 is 0. The van der Waals surface area contributed by atoms with Gasteiger partial charge in [-0.3, -0.25) is 14.4 Å². The molecule has 0 radical (unpaired) electrons. The molecule has 0 spiro atoms. The van der Waals surface area contributed by atoms with Crippen LogP contribution in [-0.4, -0.2) is 209 Å². The highest BCUT2D eigenvalue weighted by atomic mass is 16.6. The van der Waals surface area contributed by atoms with Crippen LogP contribution in [0.25, 0.3) is 0 Å². The van der Waals surface area contributed by atoms with Crippen molar-refractivity contribution in [3.63, 3.8) is 0 Å². The second-order valence-electron chi connectivity index (χ2n) is 26.4. The number of rotatable bonds is 29. The number of aliphatic hydroxyl groups excluding tert-OH is 3. The van der Waals surface area contributed by atoms with Crippen molar-refractivity contribution < 1.29 is 68.1 Å². The van der Waals surface area contributed by atoms with Crippen LogP contribution >= 0.6 is 0 Å². The van der Waals surface area contributed by atoms with E-state index in [1.165, 1.54) is 12.0 Å². The minimum atomic E-state index is -2.43. The number of amides is 2. The van der Waals surface area contributed by atoms with Crippen molar-refractivity contribution in [3.05, 3.63) is 52.9 Å². The Hall–Kier alpha value is -4.71. The summed E-state index contributed by atoms with van der Waals surface area (Å²) in [6.45, 7) is 21.7. The van der Waals surface area contributed by atoms with E-state index in [9.17, 15) is 39.6 Å². The van der Waals surface area contributed by atoms with Crippen LogP contribution in [0.1, 0.15) is 157 Å². The maximum Gasteiger partial charge on any atom is 0.329 e. The molecular formula is C66H107N7O14. The Bertz CT molecular complexity index is 2520. The predicted octanol–water partition coefficient (Wildman–Crippen LogP) is 6.76. The Morgan fingerprint density at radius 1 is 0.908 bits per heavy atom. The van der Waals surface area contributed by atoms with Gasteiger partial charge in [-0.1, -0.05) is 77.9 Å². The number of hydrogen-bond donors (Lipinski definition) is 4. The summed E-state index contributed by atoms with van der Waals surface area (Å²) in [5.41, 5.74) is 3.71. The van der Waals surface area contributed by atoms with E-state index in [1.807, 2.05) is 39.1 Å². The van der Waals surface area contributed by atoms with Crippen LogP contribution in [0.15, 0.2) is 46.8 Å². The summed E-state index contributed by atoms with van der Waals surface area (Å²) in [4.78, 5) is 79.7. The maximum absolute atomic E-state index is 14.6. The zero-order valence-electron chi connectivity index (χ0n) is 54.6. The molecule has 4 aliphatic heterocycles. The number of likely N-dealkylation sites (tertiary alicyclic amines) is 1. The molecule has 1 aliphatic carbocycles. The number of ketones is 1. The maximum atomic E-state index is 14.6. The number of carbonyl (C=O) groups excluding carboxylic acids is 4. The first-order valence-electron chi connectivity index (χ1n) is 32.2. The van der Waals surface area contributed by atoms with E-state index in [1.54, 1.807) is 39.0 Å². The van der Waals surface area contributed by atoms with E-state index in [2.05, 4.69) is 60.8 Å². The third-order valence-corrected chi connectivity index (χ3v) is 18.6. The van der Waals surface area contributed by atoms with Gasteiger partial charge in [0, 0.05) is 116 Å². The van der Waals surface area contributed by atoms with Gasteiger partial charge in [0.25, 0.3) is 17.6 Å². The zero-order chi connectivity index (χ0) is 63.7. The number of aromatic nitrogens is 2. The minimum Gasteiger partial charge on any atom is -0.461 e. The molecule has 21 nitrogen and oxygen atoms in total. The summed E-state index contributed by atoms with van der Waals surface area (Å²) in [6.07, 6.45) is 10.4. The van der Waals surface area contributed by atoms with Crippen LogP contribution in [-0.2, 0) is 60.7 Å². The average Bonchev–Trinajstić information content (AvgIpc) is 1.96. The van der Waals surface area contributed by atoms with Crippen LogP contribution in [0.5, 0.6) is 0 Å². The van der Waals surface area contributed by atoms with Gasteiger partial charge in [-0.15, -0.1) is 0 Å². The summed E-state index contributed by atoms with van der Waals surface area (Å²) in [5, 5.41) is 51.2. The van der Waals surface area contributed by atoms with Crippen LogP contribution in [0.3, 0.4) is 0 Å². The van der Waals surface area contributed by atoms with Crippen LogP contribution in [0.4, 0.5) is 5.95 Å². The fraction of sp³-hybridized carbons (Fsp3) is 0.773. The van der Waals surface area contributed by atoms with Gasteiger partial charge in [-0.2, -0.15) is 0 Å². The number of methoxy groups -OCH3 is 3. The Labute approximate surface area is 518 Å². The van der Waals surface area contributed by atoms with E-state index in [0.717, 1.165) is 55.4 Å². The molecule has 0 aromatic carbocycles. The van der Waals surface area contributed by atoms with Gasteiger partial charge in [0.15, 0.2) is 6.61 Å². The topological polar surface area (TPSA) is 256 Å². The van der Waals surface area contributed by atoms with E-state index >= 15 is 0 Å². The number of allylic oxidation sites excluding steroid dienone is 3. The molecule has 0 unspecified atom stereocenters. The summed E-state index contributed by atoms with van der Waals surface area (Å²) in [6, 6.07) is -1.13. The lowest BCUT2D eigenvalue weighted by Crippen LogP contribution is -2.60. The number of esters is 1. The molecule has 2 amide bonds. The van der Waals surface area contributed by atoms with Crippen molar-refractivity contribution in [2.75, 3.05) is 79.2 Å². The minimum absolute atomic E-state index is 0.00798. The van der Waals surface area contributed by atoms with E-state index in [0.29, 0.717) is 101 Å². The number of carbonyl (C=O) groups is 4. The fourth-order valence-corrected chi connectivity index (χ4v) is 13.0. The van der Waals surface area contributed by atoms with E-state index in [4.69, 9.17) is 33.5 Å². The molecule has 3 saturated heterocycles. The number of aliphatic hydroxyl groups is 4. The summed E-state index contributed by atoms with van der Waals surface area (Å²) in [5.74, 6) is -5.54. The Kier molecular flexibility index (Phi) is 27.8. The highest BCUT2D eigenvalue weighted by Crippen LogP contribution is 2.38. The standard InChI is InChI=1S/C66H107N7O14/c1-41(2)17-16-18-43(5)56(82-11)37-51-23-20-47(9)66(81,87-51)62(78)63(79)73-27-15-14-19-53(73)64(80)86-50(24-21-48-22-25-54(74)57(35-48)83-12)36-55(75)44(6)34-46(8)60(77)61(84-13)59(45(7)33-42(3)4)69-85-40-58(76)72-28-26-52-49(39-72)38-67-65(68-52)71-31-29-70(10)30-32-71/h16-18,34,38,41-42,44-45,47-48,50-51,53-57,60-61,74-75,77,81H,14-15,19-33,35-37,39-40H2,1-13H3/b17-16+,43-18+,46-34+,69-59+/t44-,45-,47-,48-,50-,51+,53+,54-,55-,56+,57-,60-,61+,66-/m1/s1. The van der Waals surface area contributed by atoms with Gasteiger partial charge in [-0.25, -0.2) is 14.8 Å². The Morgan fingerprint density at radius 3 is 2.32 bits per heavy atom. The first-order chi connectivity index (χ1) is 41.4. The SMILES string of the molecule is CO[C@@H](C[C@@H]1CC[C@@H](C)[C@](O)(C(=O)C(=O)N2CCCC[C@H]2C(=O)O[C@H](CC[C@@H]2CC[C@@H](O)[C@H](OC)C2)C[C@@H](O)[C@H](C)/C=C(\C)[C@@H](O)[C@@H](OC)/C(=N/OCC(=O)N2CCc3nc(N4CCN(C)CC4)ncc3C2)[C@H](C)CC(C)C)O1)/C(C)=C/C=C/C(C)C. The summed E-state index contributed by atoms with van der Waals surface area (Å²) in [7, 11) is 6.77. The van der Waals surface area contributed by atoms with Gasteiger partial charge in [0.05, 0.1) is 41.9 Å². The number of Topliss-reactive ketones (excluding diaryl/α,β-unsaturated/α-hetero) is 1. The van der Waals surface area contributed by atoms with Crippen molar-refractivity contribution in [1.82, 2.24) is 24.7 Å². The Morgan fingerprint density at radius 2 is 1.64 bits per heavy atom. The first-order valence-corrected chi connectivity index (χ1v) is 32.2. The monoisotopic (exact) mass is 1220 g/mol. The number of likely N-dealkylation sites (N-methyl/N-ethyl adjacent to an activating group) is 1. The normalized spacial score (nSPS) is 27.2. The number of anilines is 1.